The number of hydrogen-bond acceptors (Lipinski definition) is 3. The molecule has 0 unspecified atom stereocenters. The second kappa shape index (κ2) is 5.56. The van der Waals surface area contributed by atoms with Crippen molar-refractivity contribution in [1.82, 2.24) is 9.78 Å². The van der Waals surface area contributed by atoms with Crippen LogP contribution in [0.25, 0.3) is 0 Å². The number of carbonyl (C=O) groups excluding carboxylic acids is 2. The van der Waals surface area contributed by atoms with Crippen LogP contribution in [0.1, 0.15) is 22.8 Å². The molecule has 1 aromatic carbocycles. The molecule has 6 nitrogen and oxygen atoms in total. The molecule has 0 fully saturated rings. The zero-order chi connectivity index (χ0) is 14.7. The van der Waals surface area contributed by atoms with E-state index in [2.05, 4.69) is 15.7 Å². The zero-order valence-corrected chi connectivity index (χ0v) is 11.6. The number of amides is 2. The van der Waals surface area contributed by atoms with Crippen molar-refractivity contribution < 1.29 is 9.59 Å². The van der Waals surface area contributed by atoms with E-state index in [0.717, 1.165) is 11.3 Å². The lowest BCUT2D eigenvalue weighted by molar-refractivity contribution is -0.114. The quantitative estimate of drug-likeness (QED) is 0.896. The summed E-state index contributed by atoms with van der Waals surface area (Å²) in [6, 6.07) is 5.31. The topological polar surface area (TPSA) is 76.0 Å². The van der Waals surface area contributed by atoms with Crippen molar-refractivity contribution in [3.63, 3.8) is 0 Å². The first-order valence-corrected chi connectivity index (χ1v) is 6.14. The molecule has 1 heterocycles. The largest absolute Gasteiger partial charge is 0.326 e. The molecule has 0 aliphatic rings. The molecule has 6 heteroatoms. The summed E-state index contributed by atoms with van der Waals surface area (Å²) >= 11 is 0. The Morgan fingerprint density at radius 1 is 1.25 bits per heavy atom. The number of benzene rings is 1. The fourth-order valence-electron chi connectivity index (χ4n) is 1.81. The van der Waals surface area contributed by atoms with Gasteiger partial charge in [-0.1, -0.05) is 0 Å². The van der Waals surface area contributed by atoms with Gasteiger partial charge in [0.1, 0.15) is 0 Å². The van der Waals surface area contributed by atoms with Gasteiger partial charge in [-0.05, 0) is 30.7 Å². The molecule has 0 spiro atoms. The molecule has 104 valence electrons. The number of rotatable bonds is 3. The highest BCUT2D eigenvalue weighted by molar-refractivity contribution is 6.04. The van der Waals surface area contributed by atoms with E-state index in [1.807, 2.05) is 6.92 Å². The lowest BCUT2D eigenvalue weighted by Gasteiger charge is -2.09. The average Bonchev–Trinajstić information content (AvgIpc) is 2.79. The summed E-state index contributed by atoms with van der Waals surface area (Å²) in [4.78, 5) is 23.0. The van der Waals surface area contributed by atoms with Crippen LogP contribution in [0.3, 0.4) is 0 Å². The minimum absolute atomic E-state index is 0.125. The number of aromatic nitrogens is 2. The Kier molecular flexibility index (Phi) is 3.84. The van der Waals surface area contributed by atoms with Crippen LogP contribution < -0.4 is 10.6 Å². The van der Waals surface area contributed by atoms with Gasteiger partial charge < -0.3 is 10.6 Å². The number of hydrogen-bond donors (Lipinski definition) is 2. The minimum atomic E-state index is -0.218. The summed E-state index contributed by atoms with van der Waals surface area (Å²) < 4.78 is 1.57. The summed E-state index contributed by atoms with van der Waals surface area (Å²) in [5.41, 5.74) is 2.78. The van der Waals surface area contributed by atoms with Crippen LogP contribution in [0.5, 0.6) is 0 Å². The summed E-state index contributed by atoms with van der Waals surface area (Å²) in [7, 11) is 1.75. The number of nitrogens with zero attached hydrogens (tertiary/aromatic N) is 2. The van der Waals surface area contributed by atoms with Gasteiger partial charge in [0, 0.05) is 31.5 Å². The molecular formula is C14H16N4O2. The van der Waals surface area contributed by atoms with E-state index in [9.17, 15) is 9.59 Å². The van der Waals surface area contributed by atoms with Crippen molar-refractivity contribution in [1.29, 1.82) is 0 Å². The molecule has 20 heavy (non-hydrogen) atoms. The lowest BCUT2D eigenvalue weighted by Crippen LogP contribution is -2.12. The molecule has 2 rings (SSSR count). The van der Waals surface area contributed by atoms with Crippen molar-refractivity contribution in [2.75, 3.05) is 10.6 Å². The van der Waals surface area contributed by atoms with Crippen LogP contribution in [-0.2, 0) is 11.8 Å². The first-order chi connectivity index (χ1) is 9.45. The standard InChI is InChI=1S/C14H16N4O2/c1-9-6-12(4-5-13(9)16-10(2)19)17-14(20)11-7-15-18(3)8-11/h4-8H,1-3H3,(H,16,19)(H,17,20). The molecule has 0 aliphatic heterocycles. The monoisotopic (exact) mass is 272 g/mol. The predicted molar refractivity (Wildman–Crippen MR) is 76.6 cm³/mol. The van der Waals surface area contributed by atoms with Crippen LogP contribution in [0.2, 0.25) is 0 Å². The zero-order valence-electron chi connectivity index (χ0n) is 11.6. The van der Waals surface area contributed by atoms with Crippen molar-refractivity contribution >= 4 is 23.2 Å². The Bertz CT molecular complexity index is 661. The maximum Gasteiger partial charge on any atom is 0.258 e. The second-order valence-electron chi connectivity index (χ2n) is 4.57. The van der Waals surface area contributed by atoms with Crippen molar-refractivity contribution in [3.05, 3.63) is 41.7 Å². The Morgan fingerprint density at radius 2 is 2.00 bits per heavy atom. The van der Waals surface area contributed by atoms with Gasteiger partial charge in [0.25, 0.3) is 5.91 Å². The Balaban J connectivity index is 2.12. The van der Waals surface area contributed by atoms with Crippen molar-refractivity contribution in [2.24, 2.45) is 7.05 Å². The number of anilines is 2. The highest BCUT2D eigenvalue weighted by Crippen LogP contribution is 2.20. The van der Waals surface area contributed by atoms with E-state index in [4.69, 9.17) is 0 Å². The van der Waals surface area contributed by atoms with E-state index in [1.165, 1.54) is 13.1 Å². The molecule has 0 radical (unpaired) electrons. The number of nitrogens with one attached hydrogen (secondary N) is 2. The van der Waals surface area contributed by atoms with Crippen LogP contribution in [-0.4, -0.2) is 21.6 Å². The maximum atomic E-state index is 12.0. The van der Waals surface area contributed by atoms with E-state index in [1.54, 1.807) is 36.1 Å². The Hall–Kier alpha value is -2.63. The molecule has 0 bridgehead atoms. The van der Waals surface area contributed by atoms with E-state index >= 15 is 0 Å². The third-order valence-corrected chi connectivity index (χ3v) is 2.76. The lowest BCUT2D eigenvalue weighted by atomic mass is 10.1. The molecule has 1 aromatic heterocycles. The van der Waals surface area contributed by atoms with Crippen LogP contribution in [0.15, 0.2) is 30.6 Å². The highest BCUT2D eigenvalue weighted by Gasteiger charge is 2.09. The number of aryl methyl sites for hydroxylation is 2. The fraction of sp³-hybridized carbons (Fsp3) is 0.214. The first kappa shape index (κ1) is 13.8. The molecule has 2 N–H and O–H groups in total. The van der Waals surface area contributed by atoms with Crippen LogP contribution in [0, 0.1) is 6.92 Å². The third kappa shape index (κ3) is 3.23. The van der Waals surface area contributed by atoms with Gasteiger partial charge in [0.15, 0.2) is 0 Å². The third-order valence-electron chi connectivity index (χ3n) is 2.76. The molecule has 0 atom stereocenters. The maximum absolute atomic E-state index is 12.0. The summed E-state index contributed by atoms with van der Waals surface area (Å²) in [6.07, 6.45) is 3.15. The van der Waals surface area contributed by atoms with Gasteiger partial charge in [0.05, 0.1) is 11.8 Å². The molecular weight excluding hydrogens is 256 g/mol. The van der Waals surface area contributed by atoms with Gasteiger partial charge in [-0.2, -0.15) is 5.10 Å². The van der Waals surface area contributed by atoms with Gasteiger partial charge >= 0.3 is 0 Å². The summed E-state index contributed by atoms with van der Waals surface area (Å²) in [6.45, 7) is 3.32. The predicted octanol–water partition coefficient (Wildman–Crippen LogP) is 1.94. The van der Waals surface area contributed by atoms with Crippen molar-refractivity contribution in [3.8, 4) is 0 Å². The van der Waals surface area contributed by atoms with Crippen LogP contribution in [0.4, 0.5) is 11.4 Å². The minimum Gasteiger partial charge on any atom is -0.326 e. The molecule has 0 aliphatic carbocycles. The van der Waals surface area contributed by atoms with Gasteiger partial charge in [-0.3, -0.25) is 14.3 Å². The van der Waals surface area contributed by atoms with Gasteiger partial charge in [0.2, 0.25) is 5.91 Å². The SMILES string of the molecule is CC(=O)Nc1ccc(NC(=O)c2cnn(C)c2)cc1C. The Labute approximate surface area is 116 Å². The molecule has 0 saturated carbocycles. The van der Waals surface area contributed by atoms with E-state index in [-0.39, 0.29) is 11.8 Å². The second-order valence-corrected chi connectivity index (χ2v) is 4.57. The average molecular weight is 272 g/mol. The smallest absolute Gasteiger partial charge is 0.258 e. The summed E-state index contributed by atoms with van der Waals surface area (Å²) in [5, 5.41) is 9.46. The molecule has 0 saturated heterocycles. The molecule has 2 amide bonds. The molecule has 2 aromatic rings. The van der Waals surface area contributed by atoms with Gasteiger partial charge in [-0.15, -0.1) is 0 Å². The number of carbonyl (C=O) groups is 2. The van der Waals surface area contributed by atoms with E-state index < -0.39 is 0 Å². The van der Waals surface area contributed by atoms with Gasteiger partial charge in [-0.25, -0.2) is 0 Å². The fourth-order valence-corrected chi connectivity index (χ4v) is 1.81. The van der Waals surface area contributed by atoms with Crippen molar-refractivity contribution in [2.45, 2.75) is 13.8 Å². The highest BCUT2D eigenvalue weighted by atomic mass is 16.2. The summed E-state index contributed by atoms with van der Waals surface area (Å²) in [5.74, 6) is -0.343. The normalized spacial score (nSPS) is 10.2. The van der Waals surface area contributed by atoms with Crippen LogP contribution >= 0.6 is 0 Å². The first-order valence-electron chi connectivity index (χ1n) is 6.14. The van der Waals surface area contributed by atoms with E-state index in [0.29, 0.717) is 11.3 Å². The Morgan fingerprint density at radius 3 is 2.55 bits per heavy atom.